The van der Waals surface area contributed by atoms with E-state index in [2.05, 4.69) is 20.9 Å². The number of aromatic amines is 2. The lowest BCUT2D eigenvalue weighted by Crippen LogP contribution is -2.45. The van der Waals surface area contributed by atoms with Crippen molar-refractivity contribution in [3.63, 3.8) is 0 Å². The minimum Gasteiger partial charge on any atom is -0.357 e. The predicted molar refractivity (Wildman–Crippen MR) is 85.2 cm³/mol. The first-order chi connectivity index (χ1) is 11.6. The molecule has 0 fully saturated rings. The van der Waals surface area contributed by atoms with Gasteiger partial charge in [-0.1, -0.05) is 12.1 Å². The number of carbonyl (C=O) groups excluding carboxylic acids is 2. The molecule has 0 atom stereocenters. The van der Waals surface area contributed by atoms with Gasteiger partial charge in [0, 0.05) is 6.20 Å². The van der Waals surface area contributed by atoms with Gasteiger partial charge >= 0.3 is 0 Å². The van der Waals surface area contributed by atoms with Crippen LogP contribution in [0, 0.1) is 0 Å². The molecule has 0 radical (unpaired) electrons. The normalized spacial score (nSPS) is 10.5. The van der Waals surface area contributed by atoms with E-state index < -0.39 is 29.5 Å². The number of aromatic nitrogens is 3. The summed E-state index contributed by atoms with van der Waals surface area (Å²) in [4.78, 5) is 50.4. The second-order valence-electron chi connectivity index (χ2n) is 4.96. The van der Waals surface area contributed by atoms with Crippen molar-refractivity contribution in [1.29, 1.82) is 0 Å². The van der Waals surface area contributed by atoms with Crippen molar-refractivity contribution < 1.29 is 9.59 Å². The fourth-order valence-corrected chi connectivity index (χ4v) is 2.21. The van der Waals surface area contributed by atoms with Crippen LogP contribution in [0.3, 0.4) is 0 Å². The van der Waals surface area contributed by atoms with E-state index in [-0.39, 0.29) is 16.5 Å². The highest BCUT2D eigenvalue weighted by atomic mass is 16.2. The van der Waals surface area contributed by atoms with Gasteiger partial charge in [0.2, 0.25) is 0 Å². The maximum absolute atomic E-state index is 12.3. The monoisotopic (exact) mass is 327 g/mol. The van der Waals surface area contributed by atoms with Crippen molar-refractivity contribution in [3.05, 3.63) is 69.0 Å². The van der Waals surface area contributed by atoms with Gasteiger partial charge in [-0.25, -0.2) is 4.68 Å². The van der Waals surface area contributed by atoms with E-state index in [1.807, 2.05) is 0 Å². The van der Waals surface area contributed by atoms with E-state index in [9.17, 15) is 19.2 Å². The predicted octanol–water partition coefficient (Wildman–Crippen LogP) is -0.521. The van der Waals surface area contributed by atoms with E-state index in [0.29, 0.717) is 0 Å². The number of carbonyl (C=O) groups is 2. The van der Waals surface area contributed by atoms with Crippen molar-refractivity contribution in [3.8, 4) is 0 Å². The van der Waals surface area contributed by atoms with Crippen LogP contribution in [0.4, 0.5) is 0 Å². The molecule has 2 amide bonds. The van der Waals surface area contributed by atoms with E-state index in [1.54, 1.807) is 24.4 Å². The molecule has 0 spiro atoms. The highest BCUT2D eigenvalue weighted by Crippen LogP contribution is 2.02. The highest BCUT2D eigenvalue weighted by molar-refractivity contribution is 5.93. The van der Waals surface area contributed by atoms with Crippen molar-refractivity contribution in [2.24, 2.45) is 0 Å². The van der Waals surface area contributed by atoms with Gasteiger partial charge in [0.05, 0.1) is 10.8 Å². The summed E-state index contributed by atoms with van der Waals surface area (Å²) in [5, 5.41) is 2.80. The summed E-state index contributed by atoms with van der Waals surface area (Å²) in [5.41, 5.74) is 3.66. The zero-order chi connectivity index (χ0) is 17.1. The molecule has 9 heteroatoms. The molecular formula is C15H13N5O4. The Morgan fingerprint density at radius 1 is 1.00 bits per heavy atom. The summed E-state index contributed by atoms with van der Waals surface area (Å²) in [5.74, 6) is -1.20. The highest BCUT2D eigenvalue weighted by Gasteiger charge is 2.11. The van der Waals surface area contributed by atoms with Gasteiger partial charge in [0.15, 0.2) is 0 Å². The summed E-state index contributed by atoms with van der Waals surface area (Å²) >= 11 is 0. The molecule has 1 aromatic carbocycles. The quantitative estimate of drug-likeness (QED) is 0.482. The molecule has 2 heterocycles. The van der Waals surface area contributed by atoms with E-state index >= 15 is 0 Å². The van der Waals surface area contributed by atoms with Crippen LogP contribution < -0.4 is 22.0 Å². The minimum absolute atomic E-state index is 0.212. The Labute approximate surface area is 134 Å². The Balaban J connectivity index is 1.74. The Bertz CT molecular complexity index is 1020. The third kappa shape index (κ3) is 2.95. The largest absolute Gasteiger partial charge is 0.357 e. The fourth-order valence-electron chi connectivity index (χ4n) is 2.21. The molecule has 3 rings (SSSR count). The Kier molecular flexibility index (Phi) is 3.98. The van der Waals surface area contributed by atoms with E-state index in [1.165, 1.54) is 18.2 Å². The van der Waals surface area contributed by atoms with Gasteiger partial charge in [-0.3, -0.25) is 35.1 Å². The number of amides is 2. The first kappa shape index (κ1) is 15.3. The molecule has 9 nitrogen and oxygen atoms in total. The molecule has 0 unspecified atom stereocenters. The number of rotatable bonds is 3. The molecule has 0 aliphatic carbocycles. The average Bonchev–Trinajstić information content (AvgIpc) is 3.12. The topological polar surface area (TPSA) is 129 Å². The van der Waals surface area contributed by atoms with Crippen molar-refractivity contribution in [1.82, 2.24) is 25.6 Å². The molecule has 24 heavy (non-hydrogen) atoms. The van der Waals surface area contributed by atoms with Gasteiger partial charge in [0.1, 0.15) is 12.2 Å². The Morgan fingerprint density at radius 2 is 1.75 bits per heavy atom. The molecule has 0 bridgehead atoms. The average molecular weight is 327 g/mol. The summed E-state index contributed by atoms with van der Waals surface area (Å²) in [6.07, 6.45) is 1.57. The number of hydrazine groups is 1. The smallest absolute Gasteiger partial charge is 0.286 e. The number of fused-ring (bicyclic) bond motifs is 1. The third-order valence-electron chi connectivity index (χ3n) is 3.34. The maximum Gasteiger partial charge on any atom is 0.286 e. The zero-order valence-electron chi connectivity index (χ0n) is 12.3. The van der Waals surface area contributed by atoms with Crippen molar-refractivity contribution >= 4 is 22.6 Å². The number of hydrogen-bond donors (Lipinski definition) is 4. The first-order valence-corrected chi connectivity index (χ1v) is 7.00. The van der Waals surface area contributed by atoms with Gasteiger partial charge < -0.3 is 4.98 Å². The molecule has 0 aliphatic heterocycles. The lowest BCUT2D eigenvalue weighted by molar-refractivity contribution is -0.122. The van der Waals surface area contributed by atoms with Crippen LogP contribution >= 0.6 is 0 Å². The molecule has 0 saturated heterocycles. The first-order valence-electron chi connectivity index (χ1n) is 7.00. The maximum atomic E-state index is 12.3. The zero-order valence-corrected chi connectivity index (χ0v) is 12.3. The van der Waals surface area contributed by atoms with Crippen LogP contribution in [-0.2, 0) is 11.3 Å². The second kappa shape index (κ2) is 6.24. The van der Waals surface area contributed by atoms with Gasteiger partial charge in [-0.15, -0.1) is 0 Å². The van der Waals surface area contributed by atoms with Gasteiger partial charge in [-0.2, -0.15) is 0 Å². The number of nitrogens with one attached hydrogen (secondary N) is 4. The molecule has 0 saturated carbocycles. The van der Waals surface area contributed by atoms with Gasteiger partial charge in [-0.05, 0) is 24.3 Å². The lowest BCUT2D eigenvalue weighted by Gasteiger charge is -2.09. The van der Waals surface area contributed by atoms with Crippen LogP contribution in [0.15, 0.2) is 52.2 Å². The molecule has 122 valence electrons. The van der Waals surface area contributed by atoms with Gasteiger partial charge in [0.25, 0.3) is 22.9 Å². The second-order valence-corrected chi connectivity index (χ2v) is 4.96. The summed E-state index contributed by atoms with van der Waals surface area (Å²) in [6.45, 7) is -0.441. The van der Waals surface area contributed by atoms with Crippen molar-refractivity contribution in [2.75, 3.05) is 0 Å². The lowest BCUT2D eigenvalue weighted by atomic mass is 10.2. The molecule has 4 N–H and O–H groups in total. The summed E-state index contributed by atoms with van der Waals surface area (Å²) < 4.78 is 0.890. The van der Waals surface area contributed by atoms with Crippen molar-refractivity contribution in [2.45, 2.75) is 6.54 Å². The summed E-state index contributed by atoms with van der Waals surface area (Å²) in [6, 6.07) is 9.47. The summed E-state index contributed by atoms with van der Waals surface area (Å²) in [7, 11) is 0. The SMILES string of the molecule is O=C(Cn1[nH]c(=O)c2ccccc2c1=O)NNC(=O)c1ccc[nH]1. The standard InChI is InChI=1S/C15H13N5O4/c21-12(17-18-14(23)11-6-3-7-16-11)8-20-15(24)10-5-2-1-4-9(10)13(22)19-20/h1-7,16H,8H2,(H,17,21)(H,18,23)(H,19,22). The van der Waals surface area contributed by atoms with Crippen LogP contribution in [0.1, 0.15) is 10.5 Å². The Morgan fingerprint density at radius 3 is 2.46 bits per heavy atom. The minimum atomic E-state index is -0.664. The number of benzene rings is 1. The van der Waals surface area contributed by atoms with Crippen LogP contribution in [0.5, 0.6) is 0 Å². The van der Waals surface area contributed by atoms with Crippen LogP contribution in [0.25, 0.3) is 10.8 Å². The molecule has 3 aromatic rings. The number of nitrogens with zero attached hydrogens (tertiary/aromatic N) is 1. The Hall–Kier alpha value is -3.62. The molecule has 0 aliphatic rings. The molecule has 2 aromatic heterocycles. The van der Waals surface area contributed by atoms with Crippen LogP contribution in [0.2, 0.25) is 0 Å². The van der Waals surface area contributed by atoms with Crippen LogP contribution in [-0.4, -0.2) is 26.6 Å². The van der Waals surface area contributed by atoms with E-state index in [0.717, 1.165) is 4.68 Å². The fraction of sp³-hybridized carbons (Fsp3) is 0.0667. The number of H-pyrrole nitrogens is 2. The third-order valence-corrected chi connectivity index (χ3v) is 3.34. The van der Waals surface area contributed by atoms with E-state index in [4.69, 9.17) is 0 Å². The molecular weight excluding hydrogens is 314 g/mol. The number of hydrogen-bond acceptors (Lipinski definition) is 4.